The summed E-state index contributed by atoms with van der Waals surface area (Å²) in [5, 5.41) is 29.9. The normalized spacial score (nSPS) is 11.4. The second kappa shape index (κ2) is 10.2. The molecule has 0 spiro atoms. The predicted octanol–water partition coefficient (Wildman–Crippen LogP) is -1.35. The number of rotatable bonds is 6. The Kier molecular flexibility index (Phi) is 8.73. The van der Waals surface area contributed by atoms with Gasteiger partial charge in [0, 0.05) is 0 Å². The van der Waals surface area contributed by atoms with Crippen LogP contribution in [0.1, 0.15) is 19.8 Å². The largest absolute Gasteiger partial charge is 0.481 e. The molecule has 0 saturated carbocycles. The highest BCUT2D eigenvalue weighted by atomic mass is 16.4. The quantitative estimate of drug-likeness (QED) is 0.370. The first-order valence-electron chi connectivity index (χ1n) is 6.34. The van der Waals surface area contributed by atoms with E-state index in [1.165, 1.54) is 6.92 Å². The Hall–Kier alpha value is -3.53. The molecule has 0 fully saturated rings. The van der Waals surface area contributed by atoms with E-state index in [0.717, 1.165) is 0 Å². The number of amides is 2. The average molecular weight is 338 g/mol. The van der Waals surface area contributed by atoms with Gasteiger partial charge in [-0.2, -0.15) is 0 Å². The molecule has 2 amide bonds. The van der Waals surface area contributed by atoms with Gasteiger partial charge in [0.15, 0.2) is 12.1 Å². The van der Waals surface area contributed by atoms with Gasteiger partial charge >= 0.3 is 23.9 Å². The summed E-state index contributed by atoms with van der Waals surface area (Å²) in [7, 11) is 0. The van der Waals surface area contributed by atoms with Crippen molar-refractivity contribution >= 4 is 29.7 Å². The Labute approximate surface area is 136 Å². The van der Waals surface area contributed by atoms with Crippen molar-refractivity contribution in [2.45, 2.75) is 31.8 Å². The fraction of sp³-hybridized carbons (Fsp3) is 0.357. The van der Waals surface area contributed by atoms with Crippen LogP contribution < -0.4 is 10.6 Å². The Morgan fingerprint density at radius 2 is 1.25 bits per heavy atom. The Morgan fingerprint density at radius 3 is 1.58 bits per heavy atom. The Balaban J connectivity index is 4.88. The molecule has 0 heterocycles. The highest BCUT2D eigenvalue weighted by Gasteiger charge is 2.21. The first-order chi connectivity index (χ1) is 11.1. The summed E-state index contributed by atoms with van der Waals surface area (Å²) in [5.74, 6) is 3.81. The first-order valence-corrected chi connectivity index (χ1v) is 6.34. The van der Waals surface area contributed by atoms with Gasteiger partial charge in [0.1, 0.15) is 12.2 Å². The maximum atomic E-state index is 11.6. The fourth-order valence-electron chi connectivity index (χ4n) is 1.13. The number of carbonyl (C=O) groups excluding carboxylic acids is 2. The molecule has 10 heteroatoms. The van der Waals surface area contributed by atoms with Gasteiger partial charge in [0.05, 0.1) is 6.42 Å². The maximum Gasteiger partial charge on any atom is 0.338 e. The summed E-state index contributed by atoms with van der Waals surface area (Å²) in [6.07, 6.45) is -0.827. The van der Waals surface area contributed by atoms with Crippen molar-refractivity contribution in [3.8, 4) is 23.7 Å². The molecule has 0 radical (unpaired) electrons. The molecular weight excluding hydrogens is 324 g/mol. The van der Waals surface area contributed by atoms with E-state index in [9.17, 15) is 24.0 Å². The van der Waals surface area contributed by atoms with Crippen molar-refractivity contribution in [3.63, 3.8) is 0 Å². The van der Waals surface area contributed by atoms with Gasteiger partial charge < -0.3 is 26.0 Å². The zero-order valence-corrected chi connectivity index (χ0v) is 12.5. The second-order valence-electron chi connectivity index (χ2n) is 4.25. The number of Topliss-reactive ketones (excluding diaryl/α,β-unsaturated/α-hetero) is 1. The lowest BCUT2D eigenvalue weighted by Gasteiger charge is -2.12. The van der Waals surface area contributed by atoms with E-state index >= 15 is 0 Å². The van der Waals surface area contributed by atoms with E-state index in [0.29, 0.717) is 0 Å². The van der Waals surface area contributed by atoms with Crippen LogP contribution in [0.25, 0.3) is 0 Å². The zero-order valence-electron chi connectivity index (χ0n) is 12.5. The monoisotopic (exact) mass is 338 g/mol. The number of carboxylic acid groups (broad SMARTS) is 3. The van der Waals surface area contributed by atoms with Crippen LogP contribution in [0.15, 0.2) is 0 Å². The number of carboxylic acids is 3. The summed E-state index contributed by atoms with van der Waals surface area (Å²) < 4.78 is 0. The molecule has 0 bridgehead atoms. The predicted molar refractivity (Wildman–Crippen MR) is 77.6 cm³/mol. The van der Waals surface area contributed by atoms with E-state index in [-0.39, 0.29) is 12.2 Å². The summed E-state index contributed by atoms with van der Waals surface area (Å²) in [6, 6.07) is -4.58. The second-order valence-corrected chi connectivity index (χ2v) is 4.25. The zero-order chi connectivity index (χ0) is 18.7. The van der Waals surface area contributed by atoms with Gasteiger partial charge in [0.2, 0.25) is 0 Å². The van der Waals surface area contributed by atoms with Crippen molar-refractivity contribution < 1.29 is 39.3 Å². The molecule has 0 rings (SSSR count). The molecule has 0 aliphatic heterocycles. The number of aliphatic carboxylic acids is 3. The molecule has 0 unspecified atom stereocenters. The van der Waals surface area contributed by atoms with Crippen LogP contribution in [0.5, 0.6) is 0 Å². The molecule has 128 valence electrons. The lowest BCUT2D eigenvalue weighted by atomic mass is 10.2. The number of hydrogen-bond acceptors (Lipinski definition) is 5. The van der Waals surface area contributed by atoms with Gasteiger partial charge in [-0.15, -0.1) is 0 Å². The molecule has 0 aromatic heterocycles. The maximum absolute atomic E-state index is 11.6. The van der Waals surface area contributed by atoms with Crippen LogP contribution in [-0.4, -0.2) is 57.1 Å². The van der Waals surface area contributed by atoms with Crippen LogP contribution in [-0.2, 0) is 19.2 Å². The molecule has 2 atom stereocenters. The smallest absolute Gasteiger partial charge is 0.338 e. The van der Waals surface area contributed by atoms with Gasteiger partial charge in [-0.25, -0.2) is 14.4 Å². The van der Waals surface area contributed by atoms with E-state index in [1.54, 1.807) is 0 Å². The highest BCUT2D eigenvalue weighted by Crippen LogP contribution is 1.88. The van der Waals surface area contributed by atoms with E-state index in [4.69, 9.17) is 15.3 Å². The van der Waals surface area contributed by atoms with Gasteiger partial charge in [0.25, 0.3) is 0 Å². The Bertz CT molecular complexity index is 606. The lowest BCUT2D eigenvalue weighted by molar-refractivity contribution is -0.138. The van der Waals surface area contributed by atoms with Gasteiger partial charge in [-0.3, -0.25) is 9.59 Å². The van der Waals surface area contributed by atoms with E-state index < -0.39 is 42.4 Å². The number of nitrogens with one attached hydrogen (secondary N) is 2. The van der Waals surface area contributed by atoms with Crippen molar-refractivity contribution in [2.75, 3.05) is 0 Å². The standard InChI is InChI=1S/C14H14N2O8/c1-8(17)4-2-5-9(12(20)21)15-14(24)16-10(13(22)23)6-3-7-11(18)19/h9-10H,4,7H2,1H3,(H,18,19)(H,20,21)(H,22,23)(H2,15,16,24)/t9-,10-/m0/s1. The minimum Gasteiger partial charge on any atom is -0.481 e. The summed E-state index contributed by atoms with van der Waals surface area (Å²) in [6.45, 7) is 1.25. The van der Waals surface area contributed by atoms with Crippen LogP contribution in [0.3, 0.4) is 0 Å². The number of ketones is 1. The molecule has 0 aliphatic rings. The number of carbonyl (C=O) groups is 5. The van der Waals surface area contributed by atoms with Crippen molar-refractivity contribution in [2.24, 2.45) is 0 Å². The minimum atomic E-state index is -1.73. The van der Waals surface area contributed by atoms with Crippen LogP contribution in [0, 0.1) is 23.7 Å². The van der Waals surface area contributed by atoms with Crippen molar-refractivity contribution in [3.05, 3.63) is 0 Å². The summed E-state index contributed by atoms with van der Waals surface area (Å²) in [4.78, 5) is 54.4. The van der Waals surface area contributed by atoms with Crippen LogP contribution in [0.4, 0.5) is 4.79 Å². The number of hydrogen-bond donors (Lipinski definition) is 5. The summed E-state index contributed by atoms with van der Waals surface area (Å²) >= 11 is 0. The summed E-state index contributed by atoms with van der Waals surface area (Å²) in [5.41, 5.74) is 0. The highest BCUT2D eigenvalue weighted by molar-refractivity contribution is 5.89. The topological polar surface area (TPSA) is 170 Å². The van der Waals surface area contributed by atoms with E-state index in [1.807, 2.05) is 22.5 Å². The van der Waals surface area contributed by atoms with Gasteiger partial charge in [-0.1, -0.05) is 23.7 Å². The third kappa shape index (κ3) is 9.41. The molecule has 0 aromatic carbocycles. The van der Waals surface area contributed by atoms with Crippen molar-refractivity contribution in [1.29, 1.82) is 0 Å². The molecule has 10 nitrogen and oxygen atoms in total. The lowest BCUT2D eigenvalue weighted by Crippen LogP contribution is -2.50. The average Bonchev–Trinajstić information content (AvgIpc) is 2.44. The van der Waals surface area contributed by atoms with E-state index in [2.05, 4.69) is 11.8 Å². The fourth-order valence-corrected chi connectivity index (χ4v) is 1.13. The molecule has 5 N–H and O–H groups in total. The van der Waals surface area contributed by atoms with Crippen LogP contribution in [0.2, 0.25) is 0 Å². The molecule has 0 aromatic rings. The SMILES string of the molecule is CC(=O)CC#C[C@H](NC(=O)N[C@@H](C#CCC(=O)O)C(=O)O)C(=O)O. The van der Waals surface area contributed by atoms with Crippen molar-refractivity contribution in [1.82, 2.24) is 10.6 Å². The first kappa shape index (κ1) is 20.5. The third-order valence-corrected chi connectivity index (χ3v) is 2.11. The number of urea groups is 1. The third-order valence-electron chi connectivity index (χ3n) is 2.11. The molecule has 0 aliphatic carbocycles. The van der Waals surface area contributed by atoms with Gasteiger partial charge in [-0.05, 0) is 6.92 Å². The molecular formula is C14H14N2O8. The Morgan fingerprint density at radius 1 is 0.833 bits per heavy atom. The minimum absolute atomic E-state index is 0.203. The molecule has 24 heavy (non-hydrogen) atoms. The van der Waals surface area contributed by atoms with Crippen LogP contribution >= 0.6 is 0 Å². The molecule has 0 saturated heterocycles.